The molecule has 0 aliphatic heterocycles. The van der Waals surface area contributed by atoms with E-state index in [1.807, 2.05) is 18.2 Å². The van der Waals surface area contributed by atoms with Crippen molar-refractivity contribution in [3.05, 3.63) is 35.4 Å². The number of halogens is 1. The molecule has 1 aliphatic carbocycles. The smallest absolute Gasteiger partial charge is 0.303 e. The first kappa shape index (κ1) is 9.96. The maximum Gasteiger partial charge on any atom is 0.303 e. The van der Waals surface area contributed by atoms with Crippen molar-refractivity contribution in [2.24, 2.45) is 0 Å². The van der Waals surface area contributed by atoms with Crippen LogP contribution in [0.3, 0.4) is 0 Å². The van der Waals surface area contributed by atoms with E-state index in [2.05, 4.69) is 28.7 Å². The van der Waals surface area contributed by atoms with E-state index in [4.69, 9.17) is 4.74 Å². The minimum Gasteiger partial charge on any atom is -0.457 e. The lowest BCUT2D eigenvalue weighted by atomic mass is 10.1. The Bertz CT molecular complexity index is 362. The molecule has 0 aromatic heterocycles. The third-order valence-corrected chi connectivity index (χ3v) is 3.49. The van der Waals surface area contributed by atoms with E-state index < -0.39 is 0 Å². The Labute approximate surface area is 96.8 Å². The second-order valence-electron chi connectivity index (χ2n) is 3.45. The molecule has 2 atom stereocenters. The highest BCUT2D eigenvalue weighted by Crippen LogP contribution is 2.38. The Kier molecular flexibility index (Phi) is 2.76. The van der Waals surface area contributed by atoms with Gasteiger partial charge in [0.25, 0.3) is 0 Å². The molecule has 0 bridgehead atoms. The zero-order valence-corrected chi connectivity index (χ0v) is 10.0. The number of esters is 1. The molecule has 1 aliphatic rings. The van der Waals surface area contributed by atoms with Gasteiger partial charge in [-0.3, -0.25) is 4.79 Å². The lowest BCUT2D eigenvalue weighted by Gasteiger charge is -2.15. The minimum absolute atomic E-state index is 0.0516. The van der Waals surface area contributed by atoms with E-state index in [0.29, 0.717) is 3.92 Å². The van der Waals surface area contributed by atoms with Crippen LogP contribution in [-0.2, 0) is 16.0 Å². The first-order valence-electron chi connectivity index (χ1n) is 4.57. The maximum absolute atomic E-state index is 10.9. The zero-order chi connectivity index (χ0) is 10.1. The van der Waals surface area contributed by atoms with E-state index in [0.717, 1.165) is 6.42 Å². The van der Waals surface area contributed by atoms with Gasteiger partial charge in [-0.2, -0.15) is 0 Å². The summed E-state index contributed by atoms with van der Waals surface area (Å²) < 4.78 is 5.67. The highest BCUT2D eigenvalue weighted by Gasteiger charge is 2.32. The average Bonchev–Trinajstić information content (AvgIpc) is 2.43. The van der Waals surface area contributed by atoms with Crippen molar-refractivity contribution in [2.45, 2.75) is 23.4 Å². The Hall–Kier alpha value is -0.580. The summed E-state index contributed by atoms with van der Waals surface area (Å²) in [6.45, 7) is 1.46. The van der Waals surface area contributed by atoms with Crippen molar-refractivity contribution < 1.29 is 9.53 Å². The Balaban J connectivity index is 2.30. The molecule has 14 heavy (non-hydrogen) atoms. The van der Waals surface area contributed by atoms with Gasteiger partial charge >= 0.3 is 5.97 Å². The van der Waals surface area contributed by atoms with Crippen molar-refractivity contribution >= 4 is 28.6 Å². The van der Waals surface area contributed by atoms with Crippen LogP contribution in [0.1, 0.15) is 24.2 Å². The van der Waals surface area contributed by atoms with Gasteiger partial charge in [0, 0.05) is 6.92 Å². The number of hydrogen-bond donors (Lipinski definition) is 0. The molecule has 0 saturated heterocycles. The van der Waals surface area contributed by atoms with Crippen LogP contribution in [0.2, 0.25) is 0 Å². The summed E-state index contributed by atoms with van der Waals surface area (Å²) in [7, 11) is 0. The predicted octanol–water partition coefficient (Wildman–Crippen LogP) is 2.65. The Morgan fingerprint density at radius 3 is 2.93 bits per heavy atom. The molecular formula is C11H11IO2. The van der Waals surface area contributed by atoms with E-state index in [1.165, 1.54) is 18.1 Å². The summed E-state index contributed by atoms with van der Waals surface area (Å²) in [5.41, 5.74) is 2.47. The number of carbonyl (C=O) groups is 1. The minimum atomic E-state index is -0.201. The SMILES string of the molecule is CC(=O)OC1c2ccccc2CC1I. The Morgan fingerprint density at radius 2 is 2.21 bits per heavy atom. The number of hydrogen-bond acceptors (Lipinski definition) is 2. The fraction of sp³-hybridized carbons (Fsp3) is 0.364. The summed E-state index contributed by atoms with van der Waals surface area (Å²) >= 11 is 2.35. The lowest BCUT2D eigenvalue weighted by Crippen LogP contribution is -2.13. The standard InChI is InChI=1S/C11H11IO2/c1-7(13)14-11-9-5-3-2-4-8(9)6-10(11)12/h2-5,10-11H,6H2,1H3. The van der Waals surface area contributed by atoms with Crippen LogP contribution in [0.25, 0.3) is 0 Å². The molecule has 0 N–H and O–H groups in total. The number of ether oxygens (including phenoxy) is 1. The molecule has 1 aromatic rings. The van der Waals surface area contributed by atoms with Gasteiger partial charge in [0.1, 0.15) is 6.10 Å². The van der Waals surface area contributed by atoms with Crippen molar-refractivity contribution in [2.75, 3.05) is 0 Å². The first-order valence-corrected chi connectivity index (χ1v) is 5.82. The third-order valence-electron chi connectivity index (χ3n) is 2.40. The van der Waals surface area contributed by atoms with Crippen LogP contribution in [0, 0.1) is 0 Å². The van der Waals surface area contributed by atoms with Crippen LogP contribution in [0.5, 0.6) is 0 Å². The van der Waals surface area contributed by atoms with Crippen molar-refractivity contribution in [1.29, 1.82) is 0 Å². The van der Waals surface area contributed by atoms with Gasteiger partial charge in [0.15, 0.2) is 0 Å². The van der Waals surface area contributed by atoms with E-state index >= 15 is 0 Å². The summed E-state index contributed by atoms with van der Waals surface area (Å²) in [5.74, 6) is -0.201. The van der Waals surface area contributed by atoms with Gasteiger partial charge < -0.3 is 4.74 Å². The average molecular weight is 302 g/mol. The van der Waals surface area contributed by atoms with Crippen LogP contribution < -0.4 is 0 Å². The number of alkyl halides is 1. The zero-order valence-electron chi connectivity index (χ0n) is 7.87. The molecule has 2 rings (SSSR count). The summed E-state index contributed by atoms with van der Waals surface area (Å²) in [6.07, 6.45) is 0.943. The fourth-order valence-electron chi connectivity index (χ4n) is 1.83. The quantitative estimate of drug-likeness (QED) is 0.453. The fourth-order valence-corrected chi connectivity index (χ4v) is 2.83. The number of rotatable bonds is 1. The van der Waals surface area contributed by atoms with Crippen LogP contribution in [0.15, 0.2) is 24.3 Å². The largest absolute Gasteiger partial charge is 0.457 e. The molecule has 0 amide bonds. The molecule has 0 spiro atoms. The van der Waals surface area contributed by atoms with Crippen LogP contribution >= 0.6 is 22.6 Å². The molecule has 2 nitrogen and oxygen atoms in total. The predicted molar refractivity (Wildman–Crippen MR) is 62.5 cm³/mol. The highest BCUT2D eigenvalue weighted by atomic mass is 127. The first-order chi connectivity index (χ1) is 6.68. The van der Waals surface area contributed by atoms with Gasteiger partial charge in [-0.25, -0.2) is 0 Å². The second kappa shape index (κ2) is 3.88. The van der Waals surface area contributed by atoms with Gasteiger partial charge in [-0.05, 0) is 17.5 Å². The number of fused-ring (bicyclic) bond motifs is 1. The summed E-state index contributed by atoms with van der Waals surface area (Å²) in [6, 6.07) is 8.16. The summed E-state index contributed by atoms with van der Waals surface area (Å²) in [4.78, 5) is 10.9. The van der Waals surface area contributed by atoms with Gasteiger partial charge in [-0.15, -0.1) is 0 Å². The molecule has 0 saturated carbocycles. The van der Waals surface area contributed by atoms with Gasteiger partial charge in [0.2, 0.25) is 0 Å². The highest BCUT2D eigenvalue weighted by molar-refractivity contribution is 14.1. The molecule has 0 fully saturated rings. The molecule has 0 heterocycles. The number of benzene rings is 1. The molecule has 1 aromatic carbocycles. The third kappa shape index (κ3) is 1.78. The van der Waals surface area contributed by atoms with E-state index in [9.17, 15) is 4.79 Å². The molecule has 3 heteroatoms. The molecule has 0 radical (unpaired) electrons. The van der Waals surface area contributed by atoms with Crippen molar-refractivity contribution in [3.63, 3.8) is 0 Å². The summed E-state index contributed by atoms with van der Waals surface area (Å²) in [5, 5.41) is 0. The van der Waals surface area contributed by atoms with Crippen molar-refractivity contribution in [1.82, 2.24) is 0 Å². The molecule has 2 unspecified atom stereocenters. The van der Waals surface area contributed by atoms with Gasteiger partial charge in [0.05, 0.1) is 3.92 Å². The second-order valence-corrected chi connectivity index (χ2v) is 5.05. The Morgan fingerprint density at radius 1 is 1.50 bits per heavy atom. The van der Waals surface area contributed by atoms with Crippen LogP contribution in [0.4, 0.5) is 0 Å². The topological polar surface area (TPSA) is 26.3 Å². The maximum atomic E-state index is 10.9. The monoisotopic (exact) mass is 302 g/mol. The number of carbonyl (C=O) groups excluding carboxylic acids is 1. The van der Waals surface area contributed by atoms with E-state index in [-0.39, 0.29) is 12.1 Å². The van der Waals surface area contributed by atoms with E-state index in [1.54, 1.807) is 0 Å². The molecular weight excluding hydrogens is 291 g/mol. The van der Waals surface area contributed by atoms with Gasteiger partial charge in [-0.1, -0.05) is 46.9 Å². The van der Waals surface area contributed by atoms with Crippen LogP contribution in [-0.4, -0.2) is 9.89 Å². The normalized spacial score (nSPS) is 24.4. The lowest BCUT2D eigenvalue weighted by molar-refractivity contribution is -0.146. The van der Waals surface area contributed by atoms with Crippen molar-refractivity contribution in [3.8, 4) is 0 Å². The molecule has 74 valence electrons.